The lowest BCUT2D eigenvalue weighted by Crippen LogP contribution is -2.33. The molecule has 0 unspecified atom stereocenters. The fraction of sp³-hybridized carbons (Fsp3) is 0.353. The van der Waals surface area contributed by atoms with Crippen LogP contribution >= 0.6 is 0 Å². The van der Waals surface area contributed by atoms with E-state index >= 15 is 0 Å². The molecule has 0 aliphatic carbocycles. The van der Waals surface area contributed by atoms with Crippen LogP contribution < -0.4 is 0 Å². The average molecular weight is 314 g/mol. The highest BCUT2D eigenvalue weighted by Gasteiger charge is 2.18. The van der Waals surface area contributed by atoms with Crippen LogP contribution in [-0.2, 0) is 17.9 Å². The maximum Gasteiger partial charge on any atom is 0.242 e. The molecule has 0 bridgehead atoms. The monoisotopic (exact) mass is 314 g/mol. The van der Waals surface area contributed by atoms with E-state index in [2.05, 4.69) is 4.98 Å². The zero-order chi connectivity index (χ0) is 17.0. The Labute approximate surface area is 135 Å². The van der Waals surface area contributed by atoms with E-state index in [9.17, 15) is 9.18 Å². The summed E-state index contributed by atoms with van der Waals surface area (Å²) in [7, 11) is 0. The molecule has 1 amide bonds. The molecular weight excluding hydrogens is 295 g/mol. The SMILES string of the molecule is CCN(Cc1cccc(F)c1)C(=O)Cn1c(C#N)nc(C)c1C. The lowest BCUT2D eigenvalue weighted by molar-refractivity contribution is -0.132. The largest absolute Gasteiger partial charge is 0.337 e. The number of hydrogen-bond donors (Lipinski definition) is 0. The number of amides is 1. The molecule has 0 aliphatic rings. The molecule has 0 spiro atoms. The molecular formula is C17H19FN4O. The lowest BCUT2D eigenvalue weighted by atomic mass is 10.2. The third kappa shape index (κ3) is 3.75. The zero-order valence-electron chi connectivity index (χ0n) is 13.5. The van der Waals surface area contributed by atoms with Gasteiger partial charge in [0.05, 0.1) is 5.69 Å². The zero-order valence-corrected chi connectivity index (χ0v) is 13.5. The summed E-state index contributed by atoms with van der Waals surface area (Å²) in [6.45, 7) is 6.40. The quantitative estimate of drug-likeness (QED) is 0.852. The molecule has 1 aromatic heterocycles. The Morgan fingerprint density at radius 2 is 2.17 bits per heavy atom. The maximum atomic E-state index is 13.3. The fourth-order valence-electron chi connectivity index (χ4n) is 2.40. The number of rotatable bonds is 5. The second-order valence-corrected chi connectivity index (χ2v) is 5.34. The van der Waals surface area contributed by atoms with E-state index in [0.717, 1.165) is 17.0 Å². The highest BCUT2D eigenvalue weighted by molar-refractivity contribution is 5.76. The summed E-state index contributed by atoms with van der Waals surface area (Å²) >= 11 is 0. The van der Waals surface area contributed by atoms with Gasteiger partial charge in [-0.15, -0.1) is 0 Å². The van der Waals surface area contributed by atoms with Crippen molar-refractivity contribution in [2.24, 2.45) is 0 Å². The average Bonchev–Trinajstić information content (AvgIpc) is 2.80. The van der Waals surface area contributed by atoms with E-state index in [1.165, 1.54) is 12.1 Å². The van der Waals surface area contributed by atoms with Crippen LogP contribution in [0.25, 0.3) is 0 Å². The fourth-order valence-corrected chi connectivity index (χ4v) is 2.40. The third-order valence-electron chi connectivity index (χ3n) is 3.85. The molecule has 0 aliphatic heterocycles. The second kappa shape index (κ2) is 7.05. The van der Waals surface area contributed by atoms with Gasteiger partial charge in [-0.25, -0.2) is 9.37 Å². The molecule has 2 rings (SSSR count). The summed E-state index contributed by atoms with van der Waals surface area (Å²) in [5.41, 5.74) is 2.28. The number of aryl methyl sites for hydroxylation is 1. The number of imidazole rings is 1. The molecule has 0 fully saturated rings. The minimum atomic E-state index is -0.321. The smallest absolute Gasteiger partial charge is 0.242 e. The van der Waals surface area contributed by atoms with E-state index < -0.39 is 0 Å². The number of benzene rings is 1. The Bertz CT molecular complexity index is 760. The minimum absolute atomic E-state index is 0.0543. The van der Waals surface area contributed by atoms with Crippen LogP contribution in [0.1, 0.15) is 29.7 Å². The standard InChI is InChI=1S/C17H19FN4O/c1-4-21(10-14-6-5-7-15(18)8-14)17(23)11-22-13(3)12(2)20-16(22)9-19/h5-8H,4,10-11H2,1-3H3. The van der Waals surface area contributed by atoms with Crippen molar-refractivity contribution in [3.63, 3.8) is 0 Å². The highest BCUT2D eigenvalue weighted by Crippen LogP contribution is 2.12. The molecule has 120 valence electrons. The van der Waals surface area contributed by atoms with E-state index in [1.807, 2.05) is 26.8 Å². The summed E-state index contributed by atoms with van der Waals surface area (Å²) in [5.74, 6) is -0.220. The van der Waals surface area contributed by atoms with Crippen LogP contribution in [0.5, 0.6) is 0 Å². The normalized spacial score (nSPS) is 10.4. The van der Waals surface area contributed by atoms with Crippen molar-refractivity contribution in [1.82, 2.24) is 14.5 Å². The van der Waals surface area contributed by atoms with Crippen LogP contribution in [0.4, 0.5) is 4.39 Å². The summed E-state index contributed by atoms with van der Waals surface area (Å²) in [4.78, 5) is 18.3. The van der Waals surface area contributed by atoms with Crippen molar-refractivity contribution in [2.75, 3.05) is 6.54 Å². The van der Waals surface area contributed by atoms with Gasteiger partial charge in [0.1, 0.15) is 18.4 Å². The van der Waals surface area contributed by atoms with Gasteiger partial charge in [0.25, 0.3) is 0 Å². The van der Waals surface area contributed by atoms with Crippen molar-refractivity contribution in [3.8, 4) is 6.07 Å². The van der Waals surface area contributed by atoms with Crippen LogP contribution in [0.3, 0.4) is 0 Å². The first-order chi connectivity index (χ1) is 11.0. The Morgan fingerprint density at radius 1 is 1.43 bits per heavy atom. The molecule has 0 N–H and O–H groups in total. The number of nitriles is 1. The minimum Gasteiger partial charge on any atom is -0.337 e. The maximum absolute atomic E-state index is 13.3. The number of carbonyl (C=O) groups excluding carboxylic acids is 1. The summed E-state index contributed by atoms with van der Waals surface area (Å²) in [6.07, 6.45) is 0. The van der Waals surface area contributed by atoms with E-state index in [1.54, 1.807) is 21.6 Å². The van der Waals surface area contributed by atoms with Crippen LogP contribution in [0.2, 0.25) is 0 Å². The number of likely N-dealkylation sites (N-methyl/N-ethyl adjacent to an activating group) is 1. The summed E-state index contributed by atoms with van der Waals surface area (Å²) < 4.78 is 14.9. The first-order valence-electron chi connectivity index (χ1n) is 7.42. The Balaban J connectivity index is 2.16. The molecule has 0 atom stereocenters. The predicted octanol–water partition coefficient (Wildman–Crippen LogP) is 2.56. The number of carbonyl (C=O) groups is 1. The number of aromatic nitrogens is 2. The molecule has 6 heteroatoms. The van der Waals surface area contributed by atoms with Crippen LogP contribution in [0, 0.1) is 31.0 Å². The Morgan fingerprint density at radius 3 is 2.78 bits per heavy atom. The van der Waals surface area contributed by atoms with Crippen molar-refractivity contribution >= 4 is 5.91 Å². The van der Waals surface area contributed by atoms with E-state index in [4.69, 9.17) is 5.26 Å². The third-order valence-corrected chi connectivity index (χ3v) is 3.85. The second-order valence-electron chi connectivity index (χ2n) is 5.34. The van der Waals surface area contributed by atoms with Gasteiger partial charge in [-0.05, 0) is 38.5 Å². The topological polar surface area (TPSA) is 61.9 Å². The molecule has 5 nitrogen and oxygen atoms in total. The molecule has 2 aromatic rings. The molecule has 23 heavy (non-hydrogen) atoms. The number of hydrogen-bond acceptors (Lipinski definition) is 3. The Hall–Kier alpha value is -2.68. The molecule has 0 saturated carbocycles. The number of halogens is 1. The van der Waals surface area contributed by atoms with Gasteiger partial charge in [0.15, 0.2) is 0 Å². The summed E-state index contributed by atoms with van der Waals surface area (Å²) in [6, 6.07) is 8.21. The van der Waals surface area contributed by atoms with Gasteiger partial charge in [-0.3, -0.25) is 4.79 Å². The Kier molecular flexibility index (Phi) is 5.12. The van der Waals surface area contributed by atoms with Gasteiger partial charge in [-0.2, -0.15) is 5.26 Å². The van der Waals surface area contributed by atoms with E-state index in [-0.39, 0.29) is 24.1 Å². The number of nitrogens with zero attached hydrogens (tertiary/aromatic N) is 4. The highest BCUT2D eigenvalue weighted by atomic mass is 19.1. The van der Waals surface area contributed by atoms with Crippen molar-refractivity contribution < 1.29 is 9.18 Å². The molecule has 0 radical (unpaired) electrons. The first-order valence-corrected chi connectivity index (χ1v) is 7.42. The molecule has 1 heterocycles. The summed E-state index contributed by atoms with van der Waals surface area (Å²) in [5, 5.41) is 9.13. The van der Waals surface area contributed by atoms with Gasteiger partial charge >= 0.3 is 0 Å². The lowest BCUT2D eigenvalue weighted by Gasteiger charge is -2.22. The molecule has 0 saturated heterocycles. The van der Waals surface area contributed by atoms with Crippen molar-refractivity contribution in [3.05, 3.63) is 52.9 Å². The first kappa shape index (κ1) is 16.7. The predicted molar refractivity (Wildman–Crippen MR) is 83.9 cm³/mol. The molecule has 1 aromatic carbocycles. The van der Waals surface area contributed by atoms with Gasteiger partial charge in [0, 0.05) is 18.8 Å². The van der Waals surface area contributed by atoms with Gasteiger partial charge < -0.3 is 9.47 Å². The van der Waals surface area contributed by atoms with Crippen LogP contribution in [-0.4, -0.2) is 26.9 Å². The van der Waals surface area contributed by atoms with E-state index in [0.29, 0.717) is 13.1 Å². The van der Waals surface area contributed by atoms with Gasteiger partial charge in [-0.1, -0.05) is 12.1 Å². The van der Waals surface area contributed by atoms with Crippen molar-refractivity contribution in [2.45, 2.75) is 33.9 Å². The van der Waals surface area contributed by atoms with Gasteiger partial charge in [0.2, 0.25) is 11.7 Å². The van der Waals surface area contributed by atoms with Crippen molar-refractivity contribution in [1.29, 1.82) is 5.26 Å². The van der Waals surface area contributed by atoms with Crippen LogP contribution in [0.15, 0.2) is 24.3 Å².